The predicted octanol–water partition coefficient (Wildman–Crippen LogP) is 2.37. The molecule has 1 aliphatic carbocycles. The molecule has 1 aliphatic rings. The number of amides is 1. The molecule has 4 nitrogen and oxygen atoms in total. The van der Waals surface area contributed by atoms with Gasteiger partial charge in [-0.1, -0.05) is 13.8 Å². The number of hydrogen-bond donors (Lipinski definition) is 2. The molecule has 5 heteroatoms. The Hall–Kier alpha value is -1.62. The summed E-state index contributed by atoms with van der Waals surface area (Å²) >= 11 is 0. The van der Waals surface area contributed by atoms with Crippen LogP contribution in [0.25, 0.3) is 0 Å². The Morgan fingerprint density at radius 1 is 1.38 bits per heavy atom. The van der Waals surface area contributed by atoms with E-state index < -0.39 is 0 Å². The van der Waals surface area contributed by atoms with Crippen molar-refractivity contribution in [1.82, 2.24) is 10.6 Å². The molecule has 0 saturated heterocycles. The van der Waals surface area contributed by atoms with Crippen LogP contribution in [0.3, 0.4) is 0 Å². The highest BCUT2D eigenvalue weighted by atomic mass is 19.1. The van der Waals surface area contributed by atoms with Crippen LogP contribution >= 0.6 is 0 Å². The van der Waals surface area contributed by atoms with Gasteiger partial charge in [-0.05, 0) is 30.5 Å². The summed E-state index contributed by atoms with van der Waals surface area (Å²) < 4.78 is 19.0. The lowest BCUT2D eigenvalue weighted by atomic mass is 10.2. The van der Waals surface area contributed by atoms with Crippen molar-refractivity contribution in [2.24, 2.45) is 0 Å². The van der Waals surface area contributed by atoms with Crippen molar-refractivity contribution in [3.05, 3.63) is 29.6 Å². The zero-order valence-electron chi connectivity index (χ0n) is 12.6. The molecule has 1 amide bonds. The van der Waals surface area contributed by atoms with E-state index in [1.165, 1.54) is 12.1 Å². The third kappa shape index (κ3) is 6.12. The second kappa shape index (κ2) is 7.41. The molecule has 0 bridgehead atoms. The summed E-state index contributed by atoms with van der Waals surface area (Å²) in [7, 11) is 0. The van der Waals surface area contributed by atoms with E-state index in [-0.39, 0.29) is 18.3 Å². The van der Waals surface area contributed by atoms with Crippen LogP contribution in [0.15, 0.2) is 18.2 Å². The van der Waals surface area contributed by atoms with E-state index in [1.54, 1.807) is 6.07 Å². The number of carbonyl (C=O) groups is 1. The van der Waals surface area contributed by atoms with Crippen molar-refractivity contribution in [1.29, 1.82) is 0 Å². The maximum absolute atomic E-state index is 13.5. The summed E-state index contributed by atoms with van der Waals surface area (Å²) in [6, 6.07) is 5.33. The second-order valence-electron chi connectivity index (χ2n) is 5.77. The molecule has 116 valence electrons. The van der Waals surface area contributed by atoms with Crippen LogP contribution in [-0.4, -0.2) is 24.6 Å². The Morgan fingerprint density at radius 2 is 2.14 bits per heavy atom. The minimum atomic E-state index is -0.324. The first kappa shape index (κ1) is 15.8. The van der Waals surface area contributed by atoms with Gasteiger partial charge in [0.2, 0.25) is 5.91 Å². The lowest BCUT2D eigenvalue weighted by Crippen LogP contribution is -2.26. The van der Waals surface area contributed by atoms with Crippen LogP contribution < -0.4 is 15.4 Å². The first-order valence-corrected chi connectivity index (χ1v) is 7.48. The van der Waals surface area contributed by atoms with Crippen LogP contribution in [0.4, 0.5) is 4.39 Å². The standard InChI is InChI=1S/C16H23FN2O2/c1-11(2)18-10-12-7-13(17)9-15(8-12)21-6-5-16(20)19-14-3-4-14/h7-9,11,14,18H,3-6,10H2,1-2H3,(H,19,20). The highest BCUT2D eigenvalue weighted by Crippen LogP contribution is 2.19. The lowest BCUT2D eigenvalue weighted by molar-refractivity contribution is -0.121. The highest BCUT2D eigenvalue weighted by Gasteiger charge is 2.22. The second-order valence-corrected chi connectivity index (χ2v) is 5.77. The van der Waals surface area contributed by atoms with Gasteiger partial charge in [-0.3, -0.25) is 4.79 Å². The molecule has 1 fully saturated rings. The van der Waals surface area contributed by atoms with E-state index in [9.17, 15) is 9.18 Å². The molecule has 0 unspecified atom stereocenters. The molecule has 21 heavy (non-hydrogen) atoms. The smallest absolute Gasteiger partial charge is 0.223 e. The van der Waals surface area contributed by atoms with Crippen molar-refractivity contribution in [3.8, 4) is 5.75 Å². The van der Waals surface area contributed by atoms with Crippen LogP contribution in [-0.2, 0) is 11.3 Å². The quantitative estimate of drug-likeness (QED) is 0.774. The van der Waals surface area contributed by atoms with Gasteiger partial charge >= 0.3 is 0 Å². The Labute approximate surface area is 125 Å². The van der Waals surface area contributed by atoms with Gasteiger partial charge < -0.3 is 15.4 Å². The van der Waals surface area contributed by atoms with Gasteiger partial charge in [0.15, 0.2) is 0 Å². The first-order chi connectivity index (χ1) is 10.0. The highest BCUT2D eigenvalue weighted by molar-refractivity contribution is 5.76. The summed E-state index contributed by atoms with van der Waals surface area (Å²) in [5.41, 5.74) is 0.834. The average molecular weight is 294 g/mol. The monoisotopic (exact) mass is 294 g/mol. The normalized spacial score (nSPS) is 14.3. The fourth-order valence-electron chi connectivity index (χ4n) is 1.92. The molecular weight excluding hydrogens is 271 g/mol. The molecule has 2 rings (SSSR count). The van der Waals surface area contributed by atoms with Crippen molar-refractivity contribution in [2.75, 3.05) is 6.61 Å². The first-order valence-electron chi connectivity index (χ1n) is 7.48. The lowest BCUT2D eigenvalue weighted by Gasteiger charge is -2.11. The van der Waals surface area contributed by atoms with Gasteiger partial charge in [0, 0.05) is 24.7 Å². The molecule has 0 atom stereocenters. The third-order valence-corrected chi connectivity index (χ3v) is 3.19. The topological polar surface area (TPSA) is 50.4 Å². The Bertz CT molecular complexity index is 487. The van der Waals surface area contributed by atoms with E-state index in [0.717, 1.165) is 18.4 Å². The zero-order valence-corrected chi connectivity index (χ0v) is 12.6. The summed E-state index contributed by atoms with van der Waals surface area (Å²) in [6.07, 6.45) is 2.44. The number of nitrogens with one attached hydrogen (secondary N) is 2. The average Bonchev–Trinajstić information content (AvgIpc) is 3.19. The minimum absolute atomic E-state index is 0.00407. The van der Waals surface area contributed by atoms with Crippen molar-refractivity contribution in [3.63, 3.8) is 0 Å². The molecule has 1 aromatic rings. The largest absolute Gasteiger partial charge is 0.493 e. The number of rotatable bonds is 8. The summed E-state index contributed by atoms with van der Waals surface area (Å²) in [4.78, 5) is 11.5. The number of benzene rings is 1. The fraction of sp³-hybridized carbons (Fsp3) is 0.562. The van der Waals surface area contributed by atoms with Crippen LogP contribution in [0, 0.1) is 5.82 Å². The van der Waals surface area contributed by atoms with Crippen LogP contribution in [0.5, 0.6) is 5.75 Å². The maximum Gasteiger partial charge on any atom is 0.223 e. The molecule has 2 N–H and O–H groups in total. The maximum atomic E-state index is 13.5. The fourth-order valence-corrected chi connectivity index (χ4v) is 1.92. The van der Waals surface area contributed by atoms with Gasteiger partial charge in [-0.15, -0.1) is 0 Å². The Balaban J connectivity index is 1.79. The third-order valence-electron chi connectivity index (χ3n) is 3.19. The number of carbonyl (C=O) groups excluding carboxylic acids is 1. The van der Waals surface area contributed by atoms with Crippen LogP contribution in [0.2, 0.25) is 0 Å². The SMILES string of the molecule is CC(C)NCc1cc(F)cc(OCCC(=O)NC2CC2)c1. The van der Waals surface area contributed by atoms with E-state index in [0.29, 0.717) is 30.8 Å². The van der Waals surface area contributed by atoms with E-state index in [2.05, 4.69) is 10.6 Å². The molecule has 1 aromatic carbocycles. The van der Waals surface area contributed by atoms with E-state index in [1.807, 2.05) is 13.8 Å². The number of hydrogen-bond acceptors (Lipinski definition) is 3. The summed E-state index contributed by atoms with van der Waals surface area (Å²) in [5, 5.41) is 6.13. The minimum Gasteiger partial charge on any atom is -0.493 e. The summed E-state index contributed by atoms with van der Waals surface area (Å²) in [5.74, 6) is 0.140. The van der Waals surface area contributed by atoms with Gasteiger partial charge in [-0.25, -0.2) is 4.39 Å². The van der Waals surface area contributed by atoms with Gasteiger partial charge in [0.25, 0.3) is 0 Å². The number of ether oxygens (including phenoxy) is 1. The molecule has 0 radical (unpaired) electrons. The Morgan fingerprint density at radius 3 is 2.81 bits per heavy atom. The van der Waals surface area contributed by atoms with Crippen LogP contribution in [0.1, 0.15) is 38.7 Å². The van der Waals surface area contributed by atoms with Gasteiger partial charge in [0.1, 0.15) is 11.6 Å². The molecule has 0 aliphatic heterocycles. The zero-order chi connectivity index (χ0) is 15.2. The summed E-state index contributed by atoms with van der Waals surface area (Å²) in [6.45, 7) is 4.93. The van der Waals surface area contributed by atoms with Crippen molar-refractivity contribution >= 4 is 5.91 Å². The number of halogens is 1. The van der Waals surface area contributed by atoms with Gasteiger partial charge in [0.05, 0.1) is 13.0 Å². The van der Waals surface area contributed by atoms with E-state index in [4.69, 9.17) is 4.74 Å². The molecule has 0 aromatic heterocycles. The molecule has 0 spiro atoms. The molecular formula is C16H23FN2O2. The van der Waals surface area contributed by atoms with Crippen molar-refractivity contribution < 1.29 is 13.9 Å². The van der Waals surface area contributed by atoms with E-state index >= 15 is 0 Å². The molecule has 1 saturated carbocycles. The van der Waals surface area contributed by atoms with Gasteiger partial charge in [-0.2, -0.15) is 0 Å². The van der Waals surface area contributed by atoms with Crippen molar-refractivity contribution in [2.45, 2.75) is 51.7 Å². The predicted molar refractivity (Wildman–Crippen MR) is 79.7 cm³/mol. The Kier molecular flexibility index (Phi) is 5.56. The molecule has 0 heterocycles.